The van der Waals surface area contributed by atoms with Crippen molar-refractivity contribution in [2.45, 2.75) is 39.7 Å². The van der Waals surface area contributed by atoms with Crippen molar-refractivity contribution in [1.29, 1.82) is 0 Å². The molecule has 1 N–H and O–H groups in total. The molecule has 0 aliphatic heterocycles. The van der Waals surface area contributed by atoms with E-state index in [2.05, 4.69) is 67.6 Å². The lowest BCUT2D eigenvalue weighted by Crippen LogP contribution is -2.28. The van der Waals surface area contributed by atoms with E-state index in [4.69, 9.17) is 0 Å². The maximum atomic E-state index is 4.22. The van der Waals surface area contributed by atoms with Gasteiger partial charge in [0.2, 0.25) is 0 Å². The number of rotatable bonds is 6. The van der Waals surface area contributed by atoms with Crippen LogP contribution in [-0.4, -0.2) is 16.3 Å². The molecule has 0 aliphatic carbocycles. The van der Waals surface area contributed by atoms with Gasteiger partial charge < -0.3 is 5.32 Å². The molecule has 0 saturated heterocycles. The largest absolute Gasteiger partial charge is 0.310 e. The molecule has 0 spiro atoms. The summed E-state index contributed by atoms with van der Waals surface area (Å²) in [5.74, 6) is 0. The van der Waals surface area contributed by atoms with Crippen LogP contribution in [0.15, 0.2) is 42.6 Å². The van der Waals surface area contributed by atoms with Gasteiger partial charge >= 0.3 is 0 Å². The Labute approximate surface area is 128 Å². The highest BCUT2D eigenvalue weighted by atomic mass is 15.3. The highest BCUT2D eigenvalue weighted by Crippen LogP contribution is 2.29. The molecule has 1 unspecified atom stereocenters. The second-order valence-electron chi connectivity index (χ2n) is 6.88. The number of aryl methyl sites for hydroxylation is 1. The Morgan fingerprint density at radius 3 is 2.43 bits per heavy atom. The Kier molecular flexibility index (Phi) is 5.18. The van der Waals surface area contributed by atoms with Gasteiger partial charge in [0.1, 0.15) is 0 Å². The van der Waals surface area contributed by atoms with Crippen molar-refractivity contribution in [3.8, 4) is 0 Å². The lowest BCUT2D eigenvalue weighted by Gasteiger charge is -2.27. The lowest BCUT2D eigenvalue weighted by atomic mass is 9.85. The van der Waals surface area contributed by atoms with E-state index in [0.717, 1.165) is 19.4 Å². The lowest BCUT2D eigenvalue weighted by molar-refractivity contribution is 0.312. The average Bonchev–Trinajstić information content (AvgIpc) is 2.83. The zero-order chi connectivity index (χ0) is 15.3. The van der Waals surface area contributed by atoms with Crippen LogP contribution >= 0.6 is 0 Å². The van der Waals surface area contributed by atoms with Crippen LogP contribution in [0.3, 0.4) is 0 Å². The highest BCUT2D eigenvalue weighted by Gasteiger charge is 2.19. The topological polar surface area (TPSA) is 29.9 Å². The van der Waals surface area contributed by atoms with Crippen molar-refractivity contribution in [1.82, 2.24) is 15.1 Å². The smallest absolute Gasteiger partial charge is 0.0492 e. The molecule has 0 fully saturated rings. The number of benzene rings is 1. The van der Waals surface area contributed by atoms with Crippen molar-refractivity contribution in [3.63, 3.8) is 0 Å². The summed E-state index contributed by atoms with van der Waals surface area (Å²) in [6.07, 6.45) is 3.99. The first-order chi connectivity index (χ1) is 9.96. The Morgan fingerprint density at radius 1 is 1.14 bits per heavy atom. The second-order valence-corrected chi connectivity index (χ2v) is 6.88. The number of aromatic nitrogens is 2. The molecule has 0 saturated carbocycles. The van der Waals surface area contributed by atoms with Gasteiger partial charge in [-0.25, -0.2) is 0 Å². The minimum Gasteiger partial charge on any atom is -0.310 e. The minimum atomic E-state index is 0.306. The van der Waals surface area contributed by atoms with E-state index >= 15 is 0 Å². The maximum absolute atomic E-state index is 4.22. The van der Waals surface area contributed by atoms with Gasteiger partial charge in [-0.3, -0.25) is 4.68 Å². The molecule has 21 heavy (non-hydrogen) atoms. The number of hydrogen-bond acceptors (Lipinski definition) is 2. The van der Waals surface area contributed by atoms with Gasteiger partial charge in [0.15, 0.2) is 0 Å². The van der Waals surface area contributed by atoms with E-state index in [1.807, 2.05) is 17.9 Å². The third-order valence-electron chi connectivity index (χ3n) is 3.71. The van der Waals surface area contributed by atoms with E-state index in [1.165, 1.54) is 11.3 Å². The predicted octanol–water partition coefficient (Wildman–Crippen LogP) is 3.73. The van der Waals surface area contributed by atoms with Gasteiger partial charge in [0, 0.05) is 37.9 Å². The second kappa shape index (κ2) is 6.90. The summed E-state index contributed by atoms with van der Waals surface area (Å²) in [7, 11) is 2.00. The van der Waals surface area contributed by atoms with Crippen LogP contribution in [0.4, 0.5) is 0 Å². The molecule has 0 amide bonds. The van der Waals surface area contributed by atoms with Crippen LogP contribution in [0.25, 0.3) is 0 Å². The van der Waals surface area contributed by atoms with Crippen molar-refractivity contribution in [3.05, 3.63) is 53.9 Å². The molecule has 1 heterocycles. The fourth-order valence-corrected chi connectivity index (χ4v) is 2.63. The van der Waals surface area contributed by atoms with E-state index in [-0.39, 0.29) is 0 Å². The molecular formula is C18H27N3. The Balaban J connectivity index is 1.98. The van der Waals surface area contributed by atoms with E-state index in [0.29, 0.717) is 11.5 Å². The van der Waals surface area contributed by atoms with Gasteiger partial charge in [-0.05, 0) is 23.5 Å². The third kappa shape index (κ3) is 5.01. The normalized spacial score (nSPS) is 13.3. The van der Waals surface area contributed by atoms with Gasteiger partial charge in [-0.15, -0.1) is 0 Å². The molecule has 2 rings (SSSR count). The fraction of sp³-hybridized carbons (Fsp3) is 0.500. The summed E-state index contributed by atoms with van der Waals surface area (Å²) < 4.78 is 1.95. The molecular weight excluding hydrogens is 258 g/mol. The summed E-state index contributed by atoms with van der Waals surface area (Å²) in [6, 6.07) is 13.2. The number of nitrogens with one attached hydrogen (secondary N) is 1. The summed E-state index contributed by atoms with van der Waals surface area (Å²) in [6.45, 7) is 7.86. The van der Waals surface area contributed by atoms with Gasteiger partial charge in [-0.2, -0.15) is 5.10 Å². The van der Waals surface area contributed by atoms with Crippen molar-refractivity contribution in [2.75, 3.05) is 6.54 Å². The average molecular weight is 285 g/mol. The quantitative estimate of drug-likeness (QED) is 0.876. The van der Waals surface area contributed by atoms with Crippen molar-refractivity contribution >= 4 is 0 Å². The Bertz CT molecular complexity index is 537. The first-order valence-corrected chi connectivity index (χ1v) is 7.71. The van der Waals surface area contributed by atoms with Gasteiger partial charge in [0.25, 0.3) is 0 Å². The van der Waals surface area contributed by atoms with Crippen LogP contribution in [0.2, 0.25) is 0 Å². The summed E-state index contributed by atoms with van der Waals surface area (Å²) in [5, 5.41) is 7.94. The summed E-state index contributed by atoms with van der Waals surface area (Å²) in [5.41, 5.74) is 2.95. The standard InChI is InChI=1S/C18H27N3/c1-18(2,3)14-17(15-8-6-5-7-9-15)19-12-10-16-11-13-20-21(16)4/h5-9,11,13,17,19H,10,12,14H2,1-4H3. The van der Waals surface area contributed by atoms with Gasteiger partial charge in [-0.1, -0.05) is 51.1 Å². The van der Waals surface area contributed by atoms with Crippen LogP contribution < -0.4 is 5.32 Å². The minimum absolute atomic E-state index is 0.306. The van der Waals surface area contributed by atoms with Crippen molar-refractivity contribution in [2.24, 2.45) is 12.5 Å². The van der Waals surface area contributed by atoms with Crippen LogP contribution in [0.5, 0.6) is 0 Å². The molecule has 0 aliphatic rings. The Hall–Kier alpha value is -1.61. The number of nitrogens with zero attached hydrogens (tertiary/aromatic N) is 2. The molecule has 3 nitrogen and oxygen atoms in total. The maximum Gasteiger partial charge on any atom is 0.0492 e. The fourth-order valence-electron chi connectivity index (χ4n) is 2.63. The van der Waals surface area contributed by atoms with Crippen LogP contribution in [0.1, 0.15) is 44.5 Å². The molecule has 3 heteroatoms. The van der Waals surface area contributed by atoms with Gasteiger partial charge in [0.05, 0.1) is 0 Å². The van der Waals surface area contributed by atoms with E-state index < -0.39 is 0 Å². The molecule has 0 bridgehead atoms. The predicted molar refractivity (Wildman–Crippen MR) is 88.2 cm³/mol. The zero-order valence-corrected chi connectivity index (χ0v) is 13.6. The molecule has 1 atom stereocenters. The first kappa shape index (κ1) is 15.8. The molecule has 2 aromatic rings. The zero-order valence-electron chi connectivity index (χ0n) is 13.6. The molecule has 0 radical (unpaired) electrons. The van der Waals surface area contributed by atoms with E-state index in [1.54, 1.807) is 0 Å². The number of hydrogen-bond donors (Lipinski definition) is 1. The molecule has 1 aromatic heterocycles. The van der Waals surface area contributed by atoms with E-state index in [9.17, 15) is 0 Å². The third-order valence-corrected chi connectivity index (χ3v) is 3.71. The SMILES string of the molecule is Cn1nccc1CCNC(CC(C)(C)C)c1ccccc1. The van der Waals surface area contributed by atoms with Crippen LogP contribution in [0, 0.1) is 5.41 Å². The molecule has 114 valence electrons. The monoisotopic (exact) mass is 285 g/mol. The summed E-state index contributed by atoms with van der Waals surface area (Å²) >= 11 is 0. The first-order valence-electron chi connectivity index (χ1n) is 7.71. The molecule has 1 aromatic carbocycles. The highest BCUT2D eigenvalue weighted by molar-refractivity contribution is 5.19. The Morgan fingerprint density at radius 2 is 1.86 bits per heavy atom. The van der Waals surface area contributed by atoms with Crippen LogP contribution in [-0.2, 0) is 13.5 Å². The summed E-state index contributed by atoms with van der Waals surface area (Å²) in [4.78, 5) is 0. The van der Waals surface area contributed by atoms with Crippen molar-refractivity contribution < 1.29 is 0 Å².